The van der Waals surface area contributed by atoms with Crippen LogP contribution in [0.4, 0.5) is 0 Å². The molecule has 0 aliphatic heterocycles. The molecular formula is C6H13NS. The molecule has 0 fully saturated rings. The minimum atomic E-state index is 0. The maximum Gasteiger partial charge on any atom is 0.0113 e. The molecule has 0 aromatic carbocycles. The van der Waals surface area contributed by atoms with E-state index in [2.05, 4.69) is 13.2 Å². The van der Waals surface area contributed by atoms with Gasteiger partial charge in [-0.1, -0.05) is 12.2 Å². The van der Waals surface area contributed by atoms with Crippen molar-refractivity contribution >= 4 is 11.8 Å². The van der Waals surface area contributed by atoms with E-state index in [9.17, 15) is 0 Å². The smallest absolute Gasteiger partial charge is 0.0113 e. The Balaban J connectivity index is 0. The fourth-order valence-electron chi connectivity index (χ4n) is 0.235. The fourth-order valence-corrected chi connectivity index (χ4v) is 0.704. The van der Waals surface area contributed by atoms with Crippen LogP contribution in [0.15, 0.2) is 25.3 Å². The molecule has 0 saturated carbocycles. The van der Waals surface area contributed by atoms with Gasteiger partial charge in [-0.3, -0.25) is 0 Å². The van der Waals surface area contributed by atoms with Gasteiger partial charge in [0.2, 0.25) is 0 Å². The van der Waals surface area contributed by atoms with Gasteiger partial charge in [0.05, 0.1) is 0 Å². The Hall–Kier alpha value is -0.210. The molecule has 0 saturated heterocycles. The number of hydrogen-bond acceptors (Lipinski definition) is 2. The van der Waals surface area contributed by atoms with Gasteiger partial charge in [0, 0.05) is 11.5 Å². The highest BCUT2D eigenvalue weighted by molar-refractivity contribution is 7.99. The van der Waals surface area contributed by atoms with Gasteiger partial charge in [-0.25, -0.2) is 0 Å². The summed E-state index contributed by atoms with van der Waals surface area (Å²) < 4.78 is 0. The van der Waals surface area contributed by atoms with E-state index in [-0.39, 0.29) is 6.15 Å². The molecule has 48 valence electrons. The summed E-state index contributed by atoms with van der Waals surface area (Å²) in [5.41, 5.74) is 0. The zero-order chi connectivity index (χ0) is 5.54. The summed E-state index contributed by atoms with van der Waals surface area (Å²) in [6.45, 7) is 7.15. The maximum absolute atomic E-state index is 3.58. The molecule has 0 bridgehead atoms. The third-order valence-corrected chi connectivity index (χ3v) is 1.41. The zero-order valence-corrected chi connectivity index (χ0v) is 5.91. The number of hydrogen-bond donors (Lipinski definition) is 1. The molecule has 0 rings (SSSR count). The van der Waals surface area contributed by atoms with E-state index in [0.29, 0.717) is 0 Å². The molecule has 2 heteroatoms. The molecule has 0 heterocycles. The van der Waals surface area contributed by atoms with Crippen LogP contribution in [0.3, 0.4) is 0 Å². The summed E-state index contributed by atoms with van der Waals surface area (Å²) in [5.74, 6) is 2.07. The largest absolute Gasteiger partial charge is 0.344 e. The average molecular weight is 131 g/mol. The summed E-state index contributed by atoms with van der Waals surface area (Å²) in [4.78, 5) is 0. The lowest BCUT2D eigenvalue weighted by Crippen LogP contribution is -1.69. The first-order valence-corrected chi connectivity index (χ1v) is 3.37. The van der Waals surface area contributed by atoms with Crippen molar-refractivity contribution in [3.8, 4) is 0 Å². The van der Waals surface area contributed by atoms with Gasteiger partial charge in [-0.15, -0.1) is 13.2 Å². The number of thioether (sulfide) groups is 1. The highest BCUT2D eigenvalue weighted by Crippen LogP contribution is 1.97. The number of rotatable bonds is 4. The lowest BCUT2D eigenvalue weighted by molar-refractivity contribution is 1.74. The van der Waals surface area contributed by atoms with Crippen molar-refractivity contribution in [3.63, 3.8) is 0 Å². The minimum Gasteiger partial charge on any atom is -0.344 e. The molecule has 0 unspecified atom stereocenters. The van der Waals surface area contributed by atoms with Gasteiger partial charge in [-0.2, -0.15) is 11.8 Å². The predicted molar refractivity (Wildman–Crippen MR) is 42.7 cm³/mol. The molecule has 8 heavy (non-hydrogen) atoms. The van der Waals surface area contributed by atoms with Crippen molar-refractivity contribution in [3.05, 3.63) is 25.3 Å². The maximum atomic E-state index is 3.58. The Morgan fingerprint density at radius 2 is 1.50 bits per heavy atom. The van der Waals surface area contributed by atoms with Crippen molar-refractivity contribution in [2.45, 2.75) is 0 Å². The first-order valence-electron chi connectivity index (χ1n) is 2.21. The Labute approximate surface area is 55.4 Å². The summed E-state index contributed by atoms with van der Waals surface area (Å²) in [6, 6.07) is 0. The van der Waals surface area contributed by atoms with Gasteiger partial charge < -0.3 is 6.15 Å². The standard InChI is InChI=1S/C6H10S.H3N/c1-3-5-7-6-4-2;/h3-4H,1-2,5-6H2;1H3. The third-order valence-electron chi connectivity index (χ3n) is 0.471. The normalized spacial score (nSPS) is 7.00. The first-order chi connectivity index (χ1) is 3.41. The Morgan fingerprint density at radius 1 is 1.12 bits per heavy atom. The van der Waals surface area contributed by atoms with E-state index in [1.165, 1.54) is 0 Å². The molecule has 0 aromatic heterocycles. The lowest BCUT2D eigenvalue weighted by Gasteiger charge is -1.85. The Kier molecular flexibility index (Phi) is 13.3. The van der Waals surface area contributed by atoms with Crippen LogP contribution >= 0.6 is 11.8 Å². The minimum absolute atomic E-state index is 0. The van der Waals surface area contributed by atoms with Gasteiger partial charge in [-0.05, 0) is 0 Å². The first kappa shape index (κ1) is 10.7. The highest BCUT2D eigenvalue weighted by Gasteiger charge is 1.73. The molecule has 0 radical (unpaired) electrons. The molecule has 1 nitrogen and oxygen atoms in total. The molecule has 3 N–H and O–H groups in total. The molecule has 0 spiro atoms. The van der Waals surface area contributed by atoms with Crippen LogP contribution in [-0.2, 0) is 0 Å². The molecule has 0 amide bonds. The molecule has 0 aromatic rings. The zero-order valence-electron chi connectivity index (χ0n) is 5.10. The summed E-state index contributed by atoms with van der Waals surface area (Å²) in [6.07, 6.45) is 3.79. The fraction of sp³-hybridized carbons (Fsp3) is 0.333. The van der Waals surface area contributed by atoms with Crippen molar-refractivity contribution in [1.82, 2.24) is 6.15 Å². The van der Waals surface area contributed by atoms with Crippen molar-refractivity contribution < 1.29 is 0 Å². The second-order valence-electron chi connectivity index (χ2n) is 1.11. The summed E-state index contributed by atoms with van der Waals surface area (Å²) in [5, 5.41) is 0. The Morgan fingerprint density at radius 3 is 1.75 bits per heavy atom. The van der Waals surface area contributed by atoms with Crippen LogP contribution in [0.5, 0.6) is 0 Å². The SMILES string of the molecule is C=CCSCC=C.N. The molecular weight excluding hydrogens is 118 g/mol. The average Bonchev–Trinajstić information content (AvgIpc) is 1.69. The van der Waals surface area contributed by atoms with Crippen molar-refractivity contribution in [2.24, 2.45) is 0 Å². The quantitative estimate of drug-likeness (QED) is 0.469. The molecule has 0 aliphatic rings. The van der Waals surface area contributed by atoms with Crippen LogP contribution in [0.1, 0.15) is 0 Å². The van der Waals surface area contributed by atoms with Gasteiger partial charge >= 0.3 is 0 Å². The van der Waals surface area contributed by atoms with Crippen LogP contribution in [-0.4, -0.2) is 11.5 Å². The van der Waals surface area contributed by atoms with E-state index in [0.717, 1.165) is 11.5 Å². The van der Waals surface area contributed by atoms with Crippen molar-refractivity contribution in [2.75, 3.05) is 11.5 Å². The predicted octanol–water partition coefficient (Wildman–Crippen LogP) is 2.25. The van der Waals surface area contributed by atoms with Gasteiger partial charge in [0.15, 0.2) is 0 Å². The third kappa shape index (κ3) is 9.25. The molecule has 0 aliphatic carbocycles. The second-order valence-corrected chi connectivity index (χ2v) is 2.19. The van der Waals surface area contributed by atoms with E-state index in [4.69, 9.17) is 0 Å². The Bertz CT molecular complexity index is 53.5. The van der Waals surface area contributed by atoms with Gasteiger partial charge in [0.1, 0.15) is 0 Å². The van der Waals surface area contributed by atoms with Crippen LogP contribution in [0, 0.1) is 0 Å². The summed E-state index contributed by atoms with van der Waals surface area (Å²) >= 11 is 1.82. The van der Waals surface area contributed by atoms with Gasteiger partial charge in [0.25, 0.3) is 0 Å². The van der Waals surface area contributed by atoms with Crippen LogP contribution < -0.4 is 6.15 Å². The van der Waals surface area contributed by atoms with Crippen LogP contribution in [0.2, 0.25) is 0 Å². The molecule has 0 atom stereocenters. The topological polar surface area (TPSA) is 35.0 Å². The van der Waals surface area contributed by atoms with E-state index in [1.807, 2.05) is 23.9 Å². The lowest BCUT2D eigenvalue weighted by atomic mass is 10.8. The summed E-state index contributed by atoms with van der Waals surface area (Å²) in [7, 11) is 0. The highest BCUT2D eigenvalue weighted by atomic mass is 32.2. The van der Waals surface area contributed by atoms with Crippen LogP contribution in [0.25, 0.3) is 0 Å². The monoisotopic (exact) mass is 131 g/mol. The van der Waals surface area contributed by atoms with E-state index in [1.54, 1.807) is 0 Å². The second kappa shape index (κ2) is 9.92. The van der Waals surface area contributed by atoms with E-state index >= 15 is 0 Å². The van der Waals surface area contributed by atoms with Crippen molar-refractivity contribution in [1.29, 1.82) is 0 Å². The van der Waals surface area contributed by atoms with E-state index < -0.39 is 0 Å².